The molecule has 3 nitrogen and oxygen atoms in total. The molecule has 3 aromatic rings. The molecule has 0 saturated heterocycles. The summed E-state index contributed by atoms with van der Waals surface area (Å²) in [6.07, 6.45) is 3.02. The number of carbonyl (C=O) groups is 1. The van der Waals surface area contributed by atoms with E-state index in [1.54, 1.807) is 11.3 Å². The maximum Gasteiger partial charge on any atom is 0.243 e. The number of aromatic amines is 1. The molecule has 0 aliphatic rings. The Kier molecular flexibility index (Phi) is 4.39. The monoisotopic (exact) mass is 310 g/mol. The lowest BCUT2D eigenvalue weighted by atomic mass is 10.1. The summed E-state index contributed by atoms with van der Waals surface area (Å²) in [6, 6.07) is 12.5. The lowest BCUT2D eigenvalue weighted by Crippen LogP contribution is -2.23. The standard InChI is InChI=1S/C18H18N2OS/c1-2-18(21)19-10-9-15-14-7-3-4-8-16(14)20-17(15)12-13-6-5-11-22-13/h2-8,11,20H,1,9-10,12H2,(H,19,21). The molecule has 3 rings (SSSR count). The van der Waals surface area contributed by atoms with E-state index in [0.717, 1.165) is 18.4 Å². The third kappa shape index (κ3) is 3.12. The molecule has 0 saturated carbocycles. The lowest BCUT2D eigenvalue weighted by molar-refractivity contribution is -0.116. The molecule has 0 aliphatic carbocycles. The number of fused-ring (bicyclic) bond motifs is 1. The fraction of sp³-hybridized carbons (Fsp3) is 0.167. The van der Waals surface area contributed by atoms with E-state index in [-0.39, 0.29) is 5.91 Å². The number of aromatic nitrogens is 1. The first-order chi connectivity index (χ1) is 10.8. The predicted octanol–water partition coefficient (Wildman–Crippen LogP) is 3.66. The smallest absolute Gasteiger partial charge is 0.243 e. The molecule has 0 atom stereocenters. The summed E-state index contributed by atoms with van der Waals surface area (Å²) in [6.45, 7) is 4.09. The molecule has 2 N–H and O–H groups in total. The number of amides is 1. The number of H-pyrrole nitrogens is 1. The molecule has 0 aliphatic heterocycles. The van der Waals surface area contributed by atoms with E-state index in [1.165, 1.54) is 27.6 Å². The molecule has 4 heteroatoms. The van der Waals surface area contributed by atoms with Gasteiger partial charge in [0.25, 0.3) is 0 Å². The summed E-state index contributed by atoms with van der Waals surface area (Å²) in [4.78, 5) is 16.2. The number of carbonyl (C=O) groups excluding carboxylic acids is 1. The van der Waals surface area contributed by atoms with Crippen LogP contribution in [0.15, 0.2) is 54.4 Å². The highest BCUT2D eigenvalue weighted by atomic mass is 32.1. The maximum absolute atomic E-state index is 11.3. The van der Waals surface area contributed by atoms with Crippen molar-refractivity contribution < 1.29 is 4.79 Å². The maximum atomic E-state index is 11.3. The molecule has 1 amide bonds. The average molecular weight is 310 g/mol. The van der Waals surface area contributed by atoms with E-state index >= 15 is 0 Å². The van der Waals surface area contributed by atoms with Crippen LogP contribution < -0.4 is 5.32 Å². The highest BCUT2D eigenvalue weighted by molar-refractivity contribution is 7.09. The van der Waals surface area contributed by atoms with Crippen LogP contribution in [0, 0.1) is 0 Å². The molecule has 22 heavy (non-hydrogen) atoms. The van der Waals surface area contributed by atoms with Crippen LogP contribution in [-0.2, 0) is 17.6 Å². The zero-order valence-corrected chi connectivity index (χ0v) is 13.1. The van der Waals surface area contributed by atoms with Gasteiger partial charge in [0.2, 0.25) is 5.91 Å². The van der Waals surface area contributed by atoms with Crippen molar-refractivity contribution in [3.8, 4) is 0 Å². The number of hydrogen-bond acceptors (Lipinski definition) is 2. The molecule has 0 spiro atoms. The first kappa shape index (κ1) is 14.6. The highest BCUT2D eigenvalue weighted by Crippen LogP contribution is 2.26. The number of para-hydroxylation sites is 1. The van der Waals surface area contributed by atoms with Crippen molar-refractivity contribution in [3.63, 3.8) is 0 Å². The second-order valence-electron chi connectivity index (χ2n) is 5.13. The van der Waals surface area contributed by atoms with Crippen molar-refractivity contribution in [1.82, 2.24) is 10.3 Å². The van der Waals surface area contributed by atoms with E-state index in [0.29, 0.717) is 6.54 Å². The summed E-state index contributed by atoms with van der Waals surface area (Å²) >= 11 is 1.77. The molecule has 0 unspecified atom stereocenters. The normalized spacial score (nSPS) is 10.7. The van der Waals surface area contributed by atoms with Gasteiger partial charge >= 0.3 is 0 Å². The zero-order chi connectivity index (χ0) is 15.4. The molecule has 2 aromatic heterocycles. The fourth-order valence-corrected chi connectivity index (χ4v) is 3.38. The highest BCUT2D eigenvalue weighted by Gasteiger charge is 2.12. The predicted molar refractivity (Wildman–Crippen MR) is 92.3 cm³/mol. The summed E-state index contributed by atoms with van der Waals surface area (Å²) in [5.41, 5.74) is 3.67. The van der Waals surface area contributed by atoms with Gasteiger partial charge < -0.3 is 10.3 Å². The summed E-state index contributed by atoms with van der Waals surface area (Å²) < 4.78 is 0. The second-order valence-corrected chi connectivity index (χ2v) is 6.16. The first-order valence-electron chi connectivity index (χ1n) is 7.29. The Hall–Kier alpha value is -2.33. The minimum atomic E-state index is -0.125. The van der Waals surface area contributed by atoms with Crippen LogP contribution in [0.5, 0.6) is 0 Å². The van der Waals surface area contributed by atoms with Crippen LogP contribution in [0.3, 0.4) is 0 Å². The number of nitrogens with one attached hydrogen (secondary N) is 2. The molecular formula is C18H18N2OS. The molecule has 2 heterocycles. The van der Waals surface area contributed by atoms with Crippen molar-refractivity contribution in [1.29, 1.82) is 0 Å². The average Bonchev–Trinajstić information content (AvgIpc) is 3.16. The quantitative estimate of drug-likeness (QED) is 0.670. The number of benzene rings is 1. The van der Waals surface area contributed by atoms with Gasteiger partial charge in [-0.15, -0.1) is 11.3 Å². The molecule has 0 bridgehead atoms. The van der Waals surface area contributed by atoms with Gasteiger partial charge in [0.15, 0.2) is 0 Å². The summed E-state index contributed by atoms with van der Waals surface area (Å²) in [5, 5.41) is 6.19. The topological polar surface area (TPSA) is 44.9 Å². The number of thiophene rings is 1. The van der Waals surface area contributed by atoms with Crippen LogP contribution in [0.4, 0.5) is 0 Å². The van der Waals surface area contributed by atoms with Gasteiger partial charge in [0.1, 0.15) is 0 Å². The van der Waals surface area contributed by atoms with Crippen molar-refractivity contribution in [2.75, 3.05) is 6.54 Å². The van der Waals surface area contributed by atoms with E-state index < -0.39 is 0 Å². The molecule has 1 aromatic carbocycles. The Morgan fingerprint density at radius 2 is 2.14 bits per heavy atom. The first-order valence-corrected chi connectivity index (χ1v) is 8.17. The van der Waals surface area contributed by atoms with Crippen LogP contribution in [0.1, 0.15) is 16.1 Å². The van der Waals surface area contributed by atoms with Gasteiger partial charge in [-0.2, -0.15) is 0 Å². The SMILES string of the molecule is C=CC(=O)NCCc1c(Cc2cccs2)[nH]c2ccccc12. The van der Waals surface area contributed by atoms with Gasteiger partial charge in [-0.1, -0.05) is 30.8 Å². The molecular weight excluding hydrogens is 292 g/mol. The van der Waals surface area contributed by atoms with Gasteiger partial charge in [-0.05, 0) is 35.6 Å². The van der Waals surface area contributed by atoms with E-state index in [4.69, 9.17) is 0 Å². The van der Waals surface area contributed by atoms with E-state index in [9.17, 15) is 4.79 Å². The summed E-state index contributed by atoms with van der Waals surface area (Å²) in [5.74, 6) is -0.125. The number of hydrogen-bond donors (Lipinski definition) is 2. The van der Waals surface area contributed by atoms with Crippen LogP contribution >= 0.6 is 11.3 Å². The van der Waals surface area contributed by atoms with Crippen LogP contribution in [0.25, 0.3) is 10.9 Å². The molecule has 112 valence electrons. The minimum Gasteiger partial charge on any atom is -0.358 e. The van der Waals surface area contributed by atoms with E-state index in [1.807, 2.05) is 6.07 Å². The zero-order valence-electron chi connectivity index (χ0n) is 12.3. The summed E-state index contributed by atoms with van der Waals surface area (Å²) in [7, 11) is 0. The van der Waals surface area contributed by atoms with Crippen molar-refractivity contribution in [2.24, 2.45) is 0 Å². The van der Waals surface area contributed by atoms with Crippen LogP contribution in [0.2, 0.25) is 0 Å². The Labute approximate surface area is 133 Å². The van der Waals surface area contributed by atoms with Crippen molar-refractivity contribution in [3.05, 3.63) is 70.6 Å². The molecule has 0 radical (unpaired) electrons. The number of rotatable bonds is 6. The van der Waals surface area contributed by atoms with Gasteiger partial charge in [-0.25, -0.2) is 0 Å². The van der Waals surface area contributed by atoms with E-state index in [2.05, 4.69) is 52.6 Å². The van der Waals surface area contributed by atoms with Gasteiger partial charge in [0, 0.05) is 34.4 Å². The lowest BCUT2D eigenvalue weighted by Gasteiger charge is -2.05. The Morgan fingerprint density at radius 3 is 2.91 bits per heavy atom. The Balaban J connectivity index is 1.87. The van der Waals surface area contributed by atoms with Crippen molar-refractivity contribution >= 4 is 28.1 Å². The second kappa shape index (κ2) is 6.62. The van der Waals surface area contributed by atoms with Crippen molar-refractivity contribution in [2.45, 2.75) is 12.8 Å². The Bertz CT molecular complexity index is 787. The van der Waals surface area contributed by atoms with Gasteiger partial charge in [0.05, 0.1) is 0 Å². The minimum absolute atomic E-state index is 0.125. The third-order valence-electron chi connectivity index (χ3n) is 3.69. The largest absolute Gasteiger partial charge is 0.358 e. The third-order valence-corrected chi connectivity index (χ3v) is 4.57. The Morgan fingerprint density at radius 1 is 1.27 bits per heavy atom. The molecule has 0 fully saturated rings. The van der Waals surface area contributed by atoms with Crippen LogP contribution in [-0.4, -0.2) is 17.4 Å². The van der Waals surface area contributed by atoms with Gasteiger partial charge in [-0.3, -0.25) is 4.79 Å². The fourth-order valence-electron chi connectivity index (χ4n) is 2.66.